The highest BCUT2D eigenvalue weighted by Gasteiger charge is 2.11. The molecule has 120 valence electrons. The molecule has 1 aromatic heterocycles. The van der Waals surface area contributed by atoms with Crippen LogP contribution in [0, 0.1) is 13.8 Å². The number of ether oxygens (including phenoxy) is 1. The van der Waals surface area contributed by atoms with Crippen LogP contribution in [-0.4, -0.2) is 28.1 Å². The van der Waals surface area contributed by atoms with E-state index in [1.54, 1.807) is 0 Å². The van der Waals surface area contributed by atoms with E-state index in [0.717, 1.165) is 35.8 Å². The van der Waals surface area contributed by atoms with Crippen molar-refractivity contribution in [1.29, 1.82) is 0 Å². The highest BCUT2D eigenvalue weighted by molar-refractivity contribution is 5.33. The standard InChI is InChI=1S/C17H25N3O2/c1-4-22-17-8-6-5-7-15(17)11-18-12-16-13(2)19-20(9-10-21)14(16)3/h5-8,18,21H,4,9-12H2,1-3H3. The fraction of sp³-hybridized carbons (Fsp3) is 0.471. The van der Waals surface area contributed by atoms with E-state index >= 15 is 0 Å². The van der Waals surface area contributed by atoms with E-state index in [9.17, 15) is 0 Å². The Hall–Kier alpha value is -1.85. The van der Waals surface area contributed by atoms with Crippen molar-refractivity contribution in [3.63, 3.8) is 0 Å². The lowest BCUT2D eigenvalue weighted by atomic mass is 10.1. The first-order valence-corrected chi connectivity index (χ1v) is 7.72. The molecule has 0 spiro atoms. The number of nitrogens with one attached hydrogen (secondary N) is 1. The highest BCUT2D eigenvalue weighted by Crippen LogP contribution is 2.18. The second-order valence-electron chi connectivity index (χ2n) is 5.24. The molecule has 0 atom stereocenters. The van der Waals surface area contributed by atoms with Gasteiger partial charge in [-0.15, -0.1) is 0 Å². The molecule has 0 amide bonds. The zero-order valence-corrected chi connectivity index (χ0v) is 13.6. The molecular weight excluding hydrogens is 278 g/mol. The minimum absolute atomic E-state index is 0.108. The Balaban J connectivity index is 2.00. The molecule has 2 rings (SSSR count). The highest BCUT2D eigenvalue weighted by atomic mass is 16.5. The van der Waals surface area contributed by atoms with Gasteiger partial charge in [-0.1, -0.05) is 18.2 Å². The molecule has 0 radical (unpaired) electrons. The van der Waals surface area contributed by atoms with Crippen molar-refractivity contribution < 1.29 is 9.84 Å². The van der Waals surface area contributed by atoms with Crippen LogP contribution < -0.4 is 10.1 Å². The first kappa shape index (κ1) is 16.5. The van der Waals surface area contributed by atoms with Gasteiger partial charge in [0.2, 0.25) is 0 Å². The maximum Gasteiger partial charge on any atom is 0.123 e. The quantitative estimate of drug-likeness (QED) is 0.785. The number of aryl methyl sites for hydroxylation is 1. The number of para-hydroxylation sites is 1. The van der Waals surface area contributed by atoms with Crippen molar-refractivity contribution in [2.75, 3.05) is 13.2 Å². The van der Waals surface area contributed by atoms with Crippen LogP contribution in [0.4, 0.5) is 0 Å². The number of aromatic nitrogens is 2. The summed E-state index contributed by atoms with van der Waals surface area (Å²) in [4.78, 5) is 0. The molecule has 1 aromatic carbocycles. The third kappa shape index (κ3) is 3.87. The SMILES string of the molecule is CCOc1ccccc1CNCc1c(C)nn(CCO)c1C. The van der Waals surface area contributed by atoms with Crippen LogP contribution in [0.5, 0.6) is 5.75 Å². The van der Waals surface area contributed by atoms with Gasteiger partial charge in [0, 0.05) is 29.9 Å². The molecule has 0 unspecified atom stereocenters. The van der Waals surface area contributed by atoms with Crippen molar-refractivity contribution in [1.82, 2.24) is 15.1 Å². The van der Waals surface area contributed by atoms with E-state index in [1.807, 2.05) is 43.7 Å². The number of nitrogens with zero attached hydrogens (tertiary/aromatic N) is 2. The van der Waals surface area contributed by atoms with Crippen LogP contribution >= 0.6 is 0 Å². The Kier molecular flexibility index (Phi) is 5.98. The molecule has 0 aliphatic heterocycles. The molecule has 1 heterocycles. The van der Waals surface area contributed by atoms with E-state index in [2.05, 4.69) is 16.5 Å². The van der Waals surface area contributed by atoms with Gasteiger partial charge in [-0.2, -0.15) is 5.10 Å². The Labute approximate surface area is 131 Å². The van der Waals surface area contributed by atoms with Crippen molar-refractivity contribution in [2.45, 2.75) is 40.4 Å². The minimum atomic E-state index is 0.108. The molecule has 0 bridgehead atoms. The molecule has 22 heavy (non-hydrogen) atoms. The van der Waals surface area contributed by atoms with Gasteiger partial charge in [0.1, 0.15) is 5.75 Å². The summed E-state index contributed by atoms with van der Waals surface area (Å²) in [6, 6.07) is 8.08. The predicted molar refractivity (Wildman–Crippen MR) is 86.9 cm³/mol. The maximum absolute atomic E-state index is 9.06. The van der Waals surface area contributed by atoms with Gasteiger partial charge in [-0.25, -0.2) is 0 Å². The van der Waals surface area contributed by atoms with Crippen LogP contribution in [0.2, 0.25) is 0 Å². The molecule has 0 saturated heterocycles. The summed E-state index contributed by atoms with van der Waals surface area (Å²) < 4.78 is 7.50. The van der Waals surface area contributed by atoms with Gasteiger partial charge >= 0.3 is 0 Å². The number of rotatable bonds is 8. The lowest BCUT2D eigenvalue weighted by Gasteiger charge is -2.11. The molecule has 5 nitrogen and oxygen atoms in total. The van der Waals surface area contributed by atoms with E-state index < -0.39 is 0 Å². The van der Waals surface area contributed by atoms with Gasteiger partial charge in [-0.05, 0) is 26.8 Å². The first-order chi connectivity index (χ1) is 10.7. The Bertz CT molecular complexity index is 608. The molecular formula is C17H25N3O2. The number of benzene rings is 1. The Morgan fingerprint density at radius 1 is 1.23 bits per heavy atom. The second-order valence-corrected chi connectivity index (χ2v) is 5.24. The molecule has 5 heteroatoms. The number of aliphatic hydroxyl groups excluding tert-OH is 1. The zero-order chi connectivity index (χ0) is 15.9. The molecule has 0 aliphatic carbocycles. The molecule has 2 N–H and O–H groups in total. The molecule has 0 fully saturated rings. The fourth-order valence-electron chi connectivity index (χ4n) is 2.57. The fourth-order valence-corrected chi connectivity index (χ4v) is 2.57. The van der Waals surface area contributed by atoms with Crippen LogP contribution in [-0.2, 0) is 19.6 Å². The summed E-state index contributed by atoms with van der Waals surface area (Å²) >= 11 is 0. The second kappa shape index (κ2) is 7.96. The average Bonchev–Trinajstić information content (AvgIpc) is 2.77. The van der Waals surface area contributed by atoms with Crippen LogP contribution in [0.25, 0.3) is 0 Å². The van der Waals surface area contributed by atoms with Gasteiger partial charge < -0.3 is 15.2 Å². The molecule has 2 aromatic rings. The predicted octanol–water partition coefficient (Wildman–Crippen LogP) is 2.18. The van der Waals surface area contributed by atoms with E-state index in [1.165, 1.54) is 5.56 Å². The van der Waals surface area contributed by atoms with Crippen molar-refractivity contribution >= 4 is 0 Å². The minimum Gasteiger partial charge on any atom is -0.494 e. The summed E-state index contributed by atoms with van der Waals surface area (Å²) in [7, 11) is 0. The summed E-state index contributed by atoms with van der Waals surface area (Å²) in [5, 5.41) is 17.0. The summed E-state index contributed by atoms with van der Waals surface area (Å²) in [6.07, 6.45) is 0. The van der Waals surface area contributed by atoms with Crippen LogP contribution in [0.1, 0.15) is 29.4 Å². The lowest BCUT2D eigenvalue weighted by Crippen LogP contribution is -2.15. The van der Waals surface area contributed by atoms with Gasteiger partial charge in [-0.3, -0.25) is 4.68 Å². The van der Waals surface area contributed by atoms with E-state index in [4.69, 9.17) is 9.84 Å². The average molecular weight is 303 g/mol. The van der Waals surface area contributed by atoms with Gasteiger partial charge in [0.05, 0.1) is 25.5 Å². The van der Waals surface area contributed by atoms with Crippen molar-refractivity contribution in [3.05, 3.63) is 46.8 Å². The first-order valence-electron chi connectivity index (χ1n) is 7.72. The maximum atomic E-state index is 9.06. The van der Waals surface area contributed by atoms with Crippen LogP contribution in [0.3, 0.4) is 0 Å². The lowest BCUT2D eigenvalue weighted by molar-refractivity contribution is 0.267. The third-order valence-electron chi connectivity index (χ3n) is 3.73. The summed E-state index contributed by atoms with van der Waals surface area (Å²) in [6.45, 7) is 8.86. The third-order valence-corrected chi connectivity index (χ3v) is 3.73. The van der Waals surface area contributed by atoms with Gasteiger partial charge in [0.15, 0.2) is 0 Å². The van der Waals surface area contributed by atoms with E-state index in [-0.39, 0.29) is 6.61 Å². The molecule has 0 aliphatic rings. The largest absolute Gasteiger partial charge is 0.494 e. The number of hydrogen-bond acceptors (Lipinski definition) is 4. The zero-order valence-electron chi connectivity index (χ0n) is 13.6. The van der Waals surface area contributed by atoms with Gasteiger partial charge in [0.25, 0.3) is 0 Å². The Morgan fingerprint density at radius 3 is 2.73 bits per heavy atom. The summed E-state index contributed by atoms with van der Waals surface area (Å²) in [5.74, 6) is 0.932. The molecule has 0 saturated carbocycles. The Morgan fingerprint density at radius 2 is 2.00 bits per heavy atom. The summed E-state index contributed by atoms with van der Waals surface area (Å²) in [5.41, 5.74) is 4.47. The van der Waals surface area contributed by atoms with Crippen molar-refractivity contribution in [3.8, 4) is 5.75 Å². The smallest absolute Gasteiger partial charge is 0.123 e. The number of aliphatic hydroxyl groups is 1. The number of hydrogen-bond donors (Lipinski definition) is 2. The van der Waals surface area contributed by atoms with E-state index in [0.29, 0.717) is 13.2 Å². The topological polar surface area (TPSA) is 59.3 Å². The van der Waals surface area contributed by atoms with Crippen LogP contribution in [0.15, 0.2) is 24.3 Å². The van der Waals surface area contributed by atoms with Crippen molar-refractivity contribution in [2.24, 2.45) is 0 Å². The normalized spacial score (nSPS) is 10.9. The monoisotopic (exact) mass is 303 g/mol.